The van der Waals surface area contributed by atoms with Gasteiger partial charge in [-0.1, -0.05) is 0 Å². The summed E-state index contributed by atoms with van der Waals surface area (Å²) >= 11 is 6.64. The zero-order valence-electron chi connectivity index (χ0n) is 19.4. The number of piperidine rings is 2. The van der Waals surface area contributed by atoms with Gasteiger partial charge in [-0.3, -0.25) is 9.80 Å². The highest BCUT2D eigenvalue weighted by Crippen LogP contribution is 2.46. The Morgan fingerprint density at radius 2 is 1.71 bits per heavy atom. The number of halogens is 1. The summed E-state index contributed by atoms with van der Waals surface area (Å²) in [4.78, 5) is 5.19. The molecule has 5 aliphatic rings. The summed E-state index contributed by atoms with van der Waals surface area (Å²) in [5.41, 5.74) is 0. The van der Waals surface area contributed by atoms with E-state index in [0.29, 0.717) is 23.4 Å². The van der Waals surface area contributed by atoms with E-state index >= 15 is 0 Å². The third kappa shape index (κ3) is 5.27. The maximum absolute atomic E-state index is 10.9. The van der Waals surface area contributed by atoms with Crippen LogP contribution >= 0.6 is 11.6 Å². The minimum absolute atomic E-state index is 0.263. The SMILES string of the molecule is OC(CC1CCCNC1)N1CCN(C2C3CCC(Cl)CC3CCC3CCCNC32)CC1. The van der Waals surface area contributed by atoms with Crippen LogP contribution in [0.15, 0.2) is 0 Å². The molecular formula is C25H45ClN4O. The van der Waals surface area contributed by atoms with Crippen molar-refractivity contribution in [2.75, 3.05) is 45.8 Å². The number of piperazine rings is 1. The molecule has 5 rings (SSSR count). The highest BCUT2D eigenvalue weighted by molar-refractivity contribution is 6.20. The molecule has 0 aromatic heterocycles. The molecule has 3 heterocycles. The topological polar surface area (TPSA) is 50.8 Å². The molecule has 5 nitrogen and oxygen atoms in total. The minimum atomic E-state index is -0.263. The molecule has 5 fully saturated rings. The van der Waals surface area contributed by atoms with Crippen molar-refractivity contribution in [2.24, 2.45) is 23.7 Å². The molecule has 178 valence electrons. The van der Waals surface area contributed by atoms with Crippen LogP contribution in [0.4, 0.5) is 0 Å². The van der Waals surface area contributed by atoms with E-state index in [2.05, 4.69) is 20.4 Å². The Balaban J connectivity index is 1.23. The average molecular weight is 453 g/mol. The number of nitrogens with zero attached hydrogens (tertiary/aromatic N) is 2. The van der Waals surface area contributed by atoms with E-state index in [1.807, 2.05) is 0 Å². The van der Waals surface area contributed by atoms with Crippen LogP contribution in [0, 0.1) is 23.7 Å². The van der Waals surface area contributed by atoms with Crippen molar-refractivity contribution in [1.29, 1.82) is 0 Å². The Morgan fingerprint density at radius 3 is 2.52 bits per heavy atom. The van der Waals surface area contributed by atoms with E-state index < -0.39 is 0 Å². The van der Waals surface area contributed by atoms with Crippen molar-refractivity contribution >= 4 is 11.6 Å². The summed E-state index contributed by atoms with van der Waals surface area (Å²) in [6, 6.07) is 1.34. The summed E-state index contributed by atoms with van der Waals surface area (Å²) in [7, 11) is 0. The summed E-state index contributed by atoms with van der Waals surface area (Å²) in [5, 5.41) is 18.8. The van der Waals surface area contributed by atoms with Crippen LogP contribution < -0.4 is 10.6 Å². The van der Waals surface area contributed by atoms with Gasteiger partial charge < -0.3 is 15.7 Å². The average Bonchev–Trinajstić information content (AvgIpc) is 2.96. The molecule has 2 aliphatic carbocycles. The highest BCUT2D eigenvalue weighted by Gasteiger charge is 2.47. The first kappa shape index (κ1) is 22.9. The molecule has 31 heavy (non-hydrogen) atoms. The Bertz CT molecular complexity index is 566. The van der Waals surface area contributed by atoms with Gasteiger partial charge in [-0.15, -0.1) is 11.6 Å². The number of hydrogen-bond donors (Lipinski definition) is 3. The lowest BCUT2D eigenvalue weighted by molar-refractivity contribution is -0.0599. The summed E-state index contributed by atoms with van der Waals surface area (Å²) in [6.45, 7) is 7.69. The fourth-order valence-electron chi connectivity index (χ4n) is 7.81. The van der Waals surface area contributed by atoms with Crippen LogP contribution in [0.1, 0.15) is 64.2 Å². The smallest absolute Gasteiger partial charge is 0.107 e. The molecule has 0 bridgehead atoms. The third-order valence-corrected chi connectivity index (χ3v) is 9.86. The number of rotatable bonds is 4. The van der Waals surface area contributed by atoms with E-state index in [-0.39, 0.29) is 6.23 Å². The zero-order valence-corrected chi connectivity index (χ0v) is 20.1. The molecule has 3 saturated heterocycles. The predicted octanol–water partition coefficient (Wildman–Crippen LogP) is 2.87. The monoisotopic (exact) mass is 452 g/mol. The van der Waals surface area contributed by atoms with Gasteiger partial charge in [0, 0.05) is 43.6 Å². The third-order valence-electron chi connectivity index (χ3n) is 9.47. The molecular weight excluding hydrogens is 408 g/mol. The zero-order chi connectivity index (χ0) is 21.2. The van der Waals surface area contributed by atoms with Gasteiger partial charge in [0.25, 0.3) is 0 Å². The lowest BCUT2D eigenvalue weighted by Gasteiger charge is -2.50. The van der Waals surface area contributed by atoms with Crippen molar-refractivity contribution < 1.29 is 5.11 Å². The summed E-state index contributed by atoms with van der Waals surface area (Å²) in [6.07, 6.45) is 12.5. The van der Waals surface area contributed by atoms with Gasteiger partial charge in [0.15, 0.2) is 0 Å². The van der Waals surface area contributed by atoms with E-state index in [1.165, 1.54) is 64.3 Å². The van der Waals surface area contributed by atoms with Gasteiger partial charge in [0.05, 0.1) is 0 Å². The Kier molecular flexibility index (Phi) is 7.79. The normalized spacial score (nSPS) is 44.1. The molecule has 0 aromatic rings. The molecule has 0 amide bonds. The maximum Gasteiger partial charge on any atom is 0.107 e. The second-order valence-electron chi connectivity index (χ2n) is 11.3. The number of aliphatic hydroxyl groups is 1. The van der Waals surface area contributed by atoms with E-state index in [1.54, 1.807) is 0 Å². The van der Waals surface area contributed by atoms with Gasteiger partial charge in [0.2, 0.25) is 0 Å². The van der Waals surface area contributed by atoms with Gasteiger partial charge in [-0.05, 0) is 108 Å². The summed E-state index contributed by atoms with van der Waals surface area (Å²) in [5.74, 6) is 3.11. The Labute approximate surface area is 194 Å². The highest BCUT2D eigenvalue weighted by atomic mass is 35.5. The van der Waals surface area contributed by atoms with Gasteiger partial charge in [-0.2, -0.15) is 0 Å². The molecule has 0 radical (unpaired) electrons. The lowest BCUT2D eigenvalue weighted by atomic mass is 9.72. The van der Waals surface area contributed by atoms with Crippen molar-refractivity contribution in [2.45, 2.75) is 87.9 Å². The van der Waals surface area contributed by atoms with Crippen LogP contribution in [0.5, 0.6) is 0 Å². The van der Waals surface area contributed by atoms with E-state index in [9.17, 15) is 5.11 Å². The molecule has 0 aromatic carbocycles. The minimum Gasteiger partial charge on any atom is -0.378 e. The van der Waals surface area contributed by atoms with E-state index in [4.69, 9.17) is 11.6 Å². The number of hydrogen-bond acceptors (Lipinski definition) is 5. The molecule has 2 saturated carbocycles. The van der Waals surface area contributed by atoms with Crippen LogP contribution in [0.25, 0.3) is 0 Å². The molecule has 8 atom stereocenters. The van der Waals surface area contributed by atoms with Crippen molar-refractivity contribution in [3.05, 3.63) is 0 Å². The number of alkyl halides is 1. The standard InChI is InChI=1S/C25H45ClN4O/c26-21-7-8-22-20(16-21)6-5-19-4-2-10-28-24(19)25(22)30-13-11-29(12-14-30)23(31)15-18-3-1-9-27-17-18/h18-25,27-28,31H,1-17H2. The fourth-order valence-corrected chi connectivity index (χ4v) is 8.17. The molecule has 8 unspecified atom stereocenters. The van der Waals surface area contributed by atoms with Gasteiger partial charge in [0.1, 0.15) is 6.23 Å². The van der Waals surface area contributed by atoms with Crippen molar-refractivity contribution in [1.82, 2.24) is 20.4 Å². The first-order valence-electron chi connectivity index (χ1n) is 13.4. The van der Waals surface area contributed by atoms with Crippen molar-refractivity contribution in [3.63, 3.8) is 0 Å². The maximum atomic E-state index is 10.9. The Hall–Kier alpha value is 0.0900. The largest absolute Gasteiger partial charge is 0.378 e. The molecule has 3 aliphatic heterocycles. The van der Waals surface area contributed by atoms with Crippen LogP contribution in [-0.2, 0) is 0 Å². The van der Waals surface area contributed by atoms with Gasteiger partial charge >= 0.3 is 0 Å². The van der Waals surface area contributed by atoms with Crippen molar-refractivity contribution in [3.8, 4) is 0 Å². The molecule has 0 spiro atoms. The fraction of sp³-hybridized carbons (Fsp3) is 1.00. The van der Waals surface area contributed by atoms with E-state index in [0.717, 1.165) is 63.4 Å². The number of fused-ring (bicyclic) bond motifs is 2. The van der Waals surface area contributed by atoms with Crippen LogP contribution in [0.2, 0.25) is 0 Å². The predicted molar refractivity (Wildman–Crippen MR) is 127 cm³/mol. The second-order valence-corrected chi connectivity index (χ2v) is 11.9. The summed E-state index contributed by atoms with van der Waals surface area (Å²) < 4.78 is 0. The number of nitrogens with one attached hydrogen (secondary N) is 2. The second kappa shape index (κ2) is 10.6. The Morgan fingerprint density at radius 1 is 0.903 bits per heavy atom. The molecule has 3 N–H and O–H groups in total. The first-order valence-corrected chi connectivity index (χ1v) is 13.9. The first-order chi connectivity index (χ1) is 15.2. The quantitative estimate of drug-likeness (QED) is 0.572. The lowest BCUT2D eigenvalue weighted by Crippen LogP contribution is -2.63. The van der Waals surface area contributed by atoms with Crippen LogP contribution in [0.3, 0.4) is 0 Å². The van der Waals surface area contributed by atoms with Gasteiger partial charge in [-0.25, -0.2) is 0 Å². The molecule has 6 heteroatoms. The van der Waals surface area contributed by atoms with Crippen LogP contribution in [-0.4, -0.2) is 84.4 Å². The number of aliphatic hydroxyl groups excluding tert-OH is 1.